The zero-order chi connectivity index (χ0) is 17.1. The maximum absolute atomic E-state index is 12.8. The van der Waals surface area contributed by atoms with Crippen LogP contribution in [0.25, 0.3) is 0 Å². The molecule has 2 spiro atoms. The summed E-state index contributed by atoms with van der Waals surface area (Å²) in [6.07, 6.45) is 8.82. The Hall–Kier alpha value is -0.450. The maximum atomic E-state index is 12.8. The van der Waals surface area contributed by atoms with Crippen LogP contribution < -0.4 is 0 Å². The third kappa shape index (κ3) is 1.73. The summed E-state index contributed by atoms with van der Waals surface area (Å²) in [5.41, 5.74) is 0.383. The summed E-state index contributed by atoms with van der Waals surface area (Å²) < 4.78 is 18.7. The first-order valence-electron chi connectivity index (χ1n) is 10.4. The molecule has 138 valence electrons. The van der Waals surface area contributed by atoms with Crippen LogP contribution in [0.1, 0.15) is 65.2 Å². The molecule has 2 heterocycles. The number of ether oxygens (including phenoxy) is 3. The fraction of sp³-hybridized carbons (Fsp3) is 0.952. The Labute approximate surface area is 150 Å². The van der Waals surface area contributed by atoms with E-state index in [-0.39, 0.29) is 28.1 Å². The molecule has 25 heavy (non-hydrogen) atoms. The molecule has 0 radical (unpaired) electrons. The van der Waals surface area contributed by atoms with Crippen LogP contribution in [0.5, 0.6) is 0 Å². The van der Waals surface area contributed by atoms with Crippen molar-refractivity contribution in [2.75, 3.05) is 13.2 Å². The van der Waals surface area contributed by atoms with E-state index in [0.29, 0.717) is 23.7 Å². The Morgan fingerprint density at radius 1 is 1.04 bits per heavy atom. The number of ketones is 1. The molecule has 0 aromatic rings. The number of fused-ring (bicyclic) bond motifs is 4. The van der Waals surface area contributed by atoms with Crippen molar-refractivity contribution in [3.05, 3.63) is 0 Å². The minimum absolute atomic E-state index is 0.0458. The second kappa shape index (κ2) is 4.51. The Bertz CT molecular complexity index is 640. The summed E-state index contributed by atoms with van der Waals surface area (Å²) in [5.74, 6) is 1.52. The second-order valence-electron chi connectivity index (χ2n) is 10.3. The molecule has 2 saturated heterocycles. The highest BCUT2D eigenvalue weighted by Gasteiger charge is 2.78. The number of epoxide rings is 1. The summed E-state index contributed by atoms with van der Waals surface area (Å²) >= 11 is 0. The molecule has 0 aromatic carbocycles. The molecule has 0 unspecified atom stereocenters. The maximum Gasteiger partial charge on any atom is 0.169 e. The highest BCUT2D eigenvalue weighted by atomic mass is 16.7. The monoisotopic (exact) mass is 346 g/mol. The van der Waals surface area contributed by atoms with Gasteiger partial charge in [0.05, 0.1) is 19.3 Å². The summed E-state index contributed by atoms with van der Waals surface area (Å²) in [7, 11) is 0. The van der Waals surface area contributed by atoms with Crippen LogP contribution in [-0.2, 0) is 19.0 Å². The number of rotatable bonds is 0. The van der Waals surface area contributed by atoms with Crippen LogP contribution in [0.15, 0.2) is 0 Å². The van der Waals surface area contributed by atoms with E-state index in [9.17, 15) is 4.79 Å². The van der Waals surface area contributed by atoms with Crippen LogP contribution in [0.4, 0.5) is 0 Å². The van der Waals surface area contributed by atoms with Gasteiger partial charge in [0.25, 0.3) is 0 Å². The molecule has 4 aliphatic carbocycles. The van der Waals surface area contributed by atoms with Gasteiger partial charge in [0.15, 0.2) is 5.79 Å². The lowest BCUT2D eigenvalue weighted by molar-refractivity contribution is -0.234. The third-order valence-corrected chi connectivity index (χ3v) is 9.43. The van der Waals surface area contributed by atoms with Crippen molar-refractivity contribution in [3.63, 3.8) is 0 Å². The van der Waals surface area contributed by atoms with Crippen molar-refractivity contribution in [2.24, 2.45) is 28.6 Å². The first kappa shape index (κ1) is 15.6. The zero-order valence-electron chi connectivity index (χ0n) is 15.5. The van der Waals surface area contributed by atoms with Crippen molar-refractivity contribution in [2.45, 2.75) is 82.7 Å². The number of carbonyl (C=O) groups excluding carboxylic acids is 1. The molecule has 0 amide bonds. The number of Topliss-reactive ketones (excluding diaryl/α,β-unsaturated/α-hetero) is 1. The van der Waals surface area contributed by atoms with Gasteiger partial charge in [0, 0.05) is 30.6 Å². The van der Waals surface area contributed by atoms with E-state index in [0.717, 1.165) is 51.7 Å². The van der Waals surface area contributed by atoms with Gasteiger partial charge in [-0.05, 0) is 49.4 Å². The van der Waals surface area contributed by atoms with Gasteiger partial charge in [-0.25, -0.2) is 0 Å². The van der Waals surface area contributed by atoms with Crippen LogP contribution in [0, 0.1) is 28.6 Å². The fourth-order valence-corrected chi connectivity index (χ4v) is 8.24. The normalized spacial score (nSPS) is 58.4. The van der Waals surface area contributed by atoms with Crippen LogP contribution in [0.2, 0.25) is 0 Å². The second-order valence-corrected chi connectivity index (χ2v) is 10.3. The van der Waals surface area contributed by atoms with E-state index in [1.165, 1.54) is 12.8 Å². The summed E-state index contributed by atoms with van der Waals surface area (Å²) in [6.45, 7) is 6.27. The zero-order valence-corrected chi connectivity index (χ0v) is 15.5. The minimum atomic E-state index is -0.376. The average molecular weight is 346 g/mol. The molecule has 0 N–H and O–H groups in total. The van der Waals surface area contributed by atoms with E-state index in [2.05, 4.69) is 13.8 Å². The van der Waals surface area contributed by atoms with E-state index in [4.69, 9.17) is 14.2 Å². The minimum Gasteiger partial charge on any atom is -0.365 e. The highest BCUT2D eigenvalue weighted by molar-refractivity contribution is 5.84. The fourth-order valence-electron chi connectivity index (χ4n) is 8.24. The van der Waals surface area contributed by atoms with Gasteiger partial charge in [-0.1, -0.05) is 13.8 Å². The van der Waals surface area contributed by atoms with Gasteiger partial charge in [-0.3, -0.25) is 4.79 Å². The largest absolute Gasteiger partial charge is 0.365 e. The SMILES string of the molecule is C[C@]12CCC(=O)[C@@H]1[C@H]1C[C@H]3O[C@@]34CCC3(C[C@]4(C)[C@@H]1CC2)OCCO3. The Kier molecular flexibility index (Phi) is 2.81. The smallest absolute Gasteiger partial charge is 0.169 e. The van der Waals surface area contributed by atoms with Gasteiger partial charge in [0.2, 0.25) is 0 Å². The van der Waals surface area contributed by atoms with Gasteiger partial charge in [-0.2, -0.15) is 0 Å². The Morgan fingerprint density at radius 2 is 1.84 bits per heavy atom. The van der Waals surface area contributed by atoms with Crippen molar-refractivity contribution in [3.8, 4) is 0 Å². The number of hydrogen-bond acceptors (Lipinski definition) is 4. The topological polar surface area (TPSA) is 48.1 Å². The van der Waals surface area contributed by atoms with Crippen molar-refractivity contribution >= 4 is 5.78 Å². The van der Waals surface area contributed by atoms with Gasteiger partial charge >= 0.3 is 0 Å². The first-order valence-corrected chi connectivity index (χ1v) is 10.4. The number of hydrogen-bond donors (Lipinski definition) is 0. The van der Waals surface area contributed by atoms with Crippen LogP contribution in [-0.4, -0.2) is 36.5 Å². The lowest BCUT2D eigenvalue weighted by atomic mass is 9.44. The van der Waals surface area contributed by atoms with Crippen LogP contribution >= 0.6 is 0 Å². The van der Waals surface area contributed by atoms with Gasteiger partial charge < -0.3 is 14.2 Å². The molecule has 4 nitrogen and oxygen atoms in total. The Morgan fingerprint density at radius 3 is 2.64 bits per heavy atom. The standard InChI is InChI=1S/C21H30O4/c1-18-5-3-14-13(17(18)15(22)4-6-18)11-16-21(25-16)8-7-20(12-19(14,21)2)23-9-10-24-20/h13-14,16-17H,3-12H2,1-2H3/t13-,14+,16+,17-,18-,19+,21-/m0/s1. The summed E-state index contributed by atoms with van der Waals surface area (Å²) in [6, 6.07) is 0. The molecule has 2 aliphatic heterocycles. The van der Waals surface area contributed by atoms with E-state index < -0.39 is 0 Å². The molecule has 0 bridgehead atoms. The molecule has 6 fully saturated rings. The lowest BCUT2D eigenvalue weighted by Crippen LogP contribution is -2.61. The Balaban J connectivity index is 1.40. The lowest BCUT2D eigenvalue weighted by Gasteiger charge is -2.59. The van der Waals surface area contributed by atoms with Crippen molar-refractivity contribution < 1.29 is 19.0 Å². The van der Waals surface area contributed by atoms with Crippen LogP contribution in [0.3, 0.4) is 0 Å². The van der Waals surface area contributed by atoms with Crippen molar-refractivity contribution in [1.82, 2.24) is 0 Å². The van der Waals surface area contributed by atoms with E-state index >= 15 is 0 Å². The predicted octanol–water partition coefficient (Wildman–Crippen LogP) is 3.47. The quantitative estimate of drug-likeness (QED) is 0.630. The average Bonchev–Trinajstić information content (AvgIpc) is 2.95. The van der Waals surface area contributed by atoms with E-state index in [1.807, 2.05) is 0 Å². The third-order valence-electron chi connectivity index (χ3n) is 9.43. The molecule has 0 aromatic heterocycles. The molecule has 4 heteroatoms. The molecular weight excluding hydrogens is 316 g/mol. The van der Waals surface area contributed by atoms with Gasteiger partial charge in [-0.15, -0.1) is 0 Å². The van der Waals surface area contributed by atoms with Crippen molar-refractivity contribution in [1.29, 1.82) is 0 Å². The first-order chi connectivity index (χ1) is 11.9. The molecule has 6 rings (SSSR count). The molecular formula is C21H30O4. The number of carbonyl (C=O) groups is 1. The highest BCUT2D eigenvalue weighted by Crippen LogP contribution is 2.74. The molecule has 4 saturated carbocycles. The molecule has 7 atom stereocenters. The predicted molar refractivity (Wildman–Crippen MR) is 90.9 cm³/mol. The summed E-state index contributed by atoms with van der Waals surface area (Å²) in [5, 5.41) is 0. The summed E-state index contributed by atoms with van der Waals surface area (Å²) in [4.78, 5) is 12.8. The van der Waals surface area contributed by atoms with Gasteiger partial charge in [0.1, 0.15) is 11.4 Å². The van der Waals surface area contributed by atoms with E-state index in [1.54, 1.807) is 0 Å². The molecule has 6 aliphatic rings.